The van der Waals surface area contributed by atoms with Crippen molar-refractivity contribution in [1.82, 2.24) is 0 Å². The second kappa shape index (κ2) is 7.60. The van der Waals surface area contributed by atoms with E-state index < -0.39 is 8.07 Å². The monoisotopic (exact) mass is 424 g/mol. The molecule has 1 nitrogen and oxygen atoms in total. The predicted octanol–water partition coefficient (Wildman–Crippen LogP) is 7.69. The van der Waals surface area contributed by atoms with Crippen LogP contribution in [0.3, 0.4) is 0 Å². The van der Waals surface area contributed by atoms with Gasteiger partial charge in [-0.25, -0.2) is 0 Å². The molecule has 0 unspecified atom stereocenters. The van der Waals surface area contributed by atoms with Crippen molar-refractivity contribution in [3.8, 4) is 11.3 Å². The Bertz CT molecular complexity index is 1290. The van der Waals surface area contributed by atoms with E-state index in [1.54, 1.807) is 5.56 Å². The van der Waals surface area contributed by atoms with Crippen LogP contribution in [-0.2, 0) is 7.05 Å². The minimum absolute atomic E-state index is 0.741. The van der Waals surface area contributed by atoms with E-state index in [0.29, 0.717) is 0 Å². The molecule has 0 atom stereocenters. The summed E-state index contributed by atoms with van der Waals surface area (Å²) in [4.78, 5) is 0. The first kappa shape index (κ1) is 20.4. The average Bonchev–Trinajstić information content (AvgIpc) is 2.74. The van der Waals surface area contributed by atoms with Crippen molar-refractivity contribution in [3.63, 3.8) is 0 Å². The van der Waals surface area contributed by atoms with E-state index in [9.17, 15) is 0 Å². The smallest absolute Gasteiger partial charge is 0.198 e. The maximum Gasteiger partial charge on any atom is 0.220 e. The second-order valence-corrected chi connectivity index (χ2v) is 15.8. The summed E-state index contributed by atoms with van der Waals surface area (Å²) in [6, 6.07) is 26.0. The van der Waals surface area contributed by atoms with Crippen LogP contribution >= 0.6 is 0 Å². The number of nitrogens with zero attached hydrogens (tertiary/aromatic N) is 1. The SMILES string of the molecule is Cc1cc2ccccc2cc1-c1c2ccc(C3CC[Si](C)(C)CC3)cc2cc(C)[n+]1C. The Morgan fingerprint density at radius 1 is 0.806 bits per heavy atom. The minimum atomic E-state index is -0.920. The molecule has 0 bridgehead atoms. The number of benzene rings is 3. The summed E-state index contributed by atoms with van der Waals surface area (Å²) in [6.07, 6.45) is 2.75. The fourth-order valence-electron chi connectivity index (χ4n) is 5.52. The Hall–Kier alpha value is -2.45. The van der Waals surface area contributed by atoms with Crippen LogP contribution in [0.4, 0.5) is 0 Å². The lowest BCUT2D eigenvalue weighted by Crippen LogP contribution is -2.35. The van der Waals surface area contributed by atoms with Crippen molar-refractivity contribution >= 4 is 29.6 Å². The summed E-state index contributed by atoms with van der Waals surface area (Å²) >= 11 is 0. The molecule has 31 heavy (non-hydrogen) atoms. The molecule has 0 radical (unpaired) electrons. The lowest BCUT2D eigenvalue weighted by molar-refractivity contribution is -0.665. The van der Waals surface area contributed by atoms with Gasteiger partial charge in [0.25, 0.3) is 0 Å². The molecule has 158 valence electrons. The minimum Gasteiger partial charge on any atom is -0.198 e. The maximum atomic E-state index is 2.56. The molecule has 1 aliphatic rings. The number of pyridine rings is 1. The largest absolute Gasteiger partial charge is 0.220 e. The van der Waals surface area contributed by atoms with Crippen molar-refractivity contribution in [2.45, 2.75) is 57.8 Å². The Kier molecular flexibility index (Phi) is 5.01. The number of fused-ring (bicyclic) bond motifs is 2. The van der Waals surface area contributed by atoms with Gasteiger partial charge in [0.15, 0.2) is 5.69 Å². The molecule has 1 saturated heterocycles. The number of rotatable bonds is 2. The summed E-state index contributed by atoms with van der Waals surface area (Å²) in [5.41, 5.74) is 6.87. The Labute approximate surface area is 187 Å². The van der Waals surface area contributed by atoms with E-state index in [-0.39, 0.29) is 0 Å². The normalized spacial score (nSPS) is 16.8. The van der Waals surface area contributed by atoms with Crippen LogP contribution in [0.15, 0.2) is 60.7 Å². The molecule has 0 aliphatic carbocycles. The van der Waals surface area contributed by atoms with E-state index in [4.69, 9.17) is 0 Å². The molecule has 1 fully saturated rings. The summed E-state index contributed by atoms with van der Waals surface area (Å²) < 4.78 is 2.37. The molecule has 2 heterocycles. The number of hydrogen-bond acceptors (Lipinski definition) is 0. The Morgan fingerprint density at radius 2 is 1.48 bits per heavy atom. The lowest BCUT2D eigenvalue weighted by Gasteiger charge is -2.33. The first-order valence-corrected chi connectivity index (χ1v) is 15.2. The summed E-state index contributed by atoms with van der Waals surface area (Å²) in [7, 11) is 1.29. The van der Waals surface area contributed by atoms with Crippen LogP contribution in [0, 0.1) is 13.8 Å². The molecule has 2 heteroatoms. The quantitative estimate of drug-likeness (QED) is 0.229. The Morgan fingerprint density at radius 3 is 2.19 bits per heavy atom. The van der Waals surface area contributed by atoms with E-state index in [0.717, 1.165) is 5.92 Å². The van der Waals surface area contributed by atoms with Crippen LogP contribution < -0.4 is 4.57 Å². The van der Waals surface area contributed by atoms with Gasteiger partial charge in [0.2, 0.25) is 5.69 Å². The molecular weight excluding hydrogens is 390 g/mol. The molecule has 3 aromatic carbocycles. The van der Waals surface area contributed by atoms with E-state index in [1.165, 1.54) is 69.0 Å². The van der Waals surface area contributed by atoms with Crippen LogP contribution in [0.2, 0.25) is 25.2 Å². The van der Waals surface area contributed by atoms with Crippen molar-refractivity contribution in [2.75, 3.05) is 0 Å². The number of hydrogen-bond donors (Lipinski definition) is 0. The predicted molar refractivity (Wildman–Crippen MR) is 137 cm³/mol. The molecule has 1 aliphatic heterocycles. The van der Waals surface area contributed by atoms with Gasteiger partial charge in [-0.1, -0.05) is 67.6 Å². The molecule has 0 spiro atoms. The third kappa shape index (κ3) is 3.72. The van der Waals surface area contributed by atoms with Crippen LogP contribution in [-0.4, -0.2) is 8.07 Å². The molecule has 5 rings (SSSR count). The second-order valence-electron chi connectivity index (χ2n) is 10.5. The van der Waals surface area contributed by atoms with Gasteiger partial charge in [-0.3, -0.25) is 0 Å². The molecular formula is C29H34NSi+. The van der Waals surface area contributed by atoms with Crippen LogP contribution in [0.25, 0.3) is 32.8 Å². The van der Waals surface area contributed by atoms with Crippen LogP contribution in [0.5, 0.6) is 0 Å². The molecule has 0 saturated carbocycles. The highest BCUT2D eigenvalue weighted by atomic mass is 28.3. The fourth-order valence-corrected chi connectivity index (χ4v) is 8.03. The van der Waals surface area contributed by atoms with E-state index >= 15 is 0 Å². The van der Waals surface area contributed by atoms with Crippen LogP contribution in [0.1, 0.15) is 35.6 Å². The first-order valence-electron chi connectivity index (χ1n) is 11.8. The number of aromatic nitrogens is 1. The van der Waals surface area contributed by atoms with Gasteiger partial charge in [-0.2, -0.15) is 4.57 Å². The highest BCUT2D eigenvalue weighted by Crippen LogP contribution is 2.40. The lowest BCUT2D eigenvalue weighted by atomic mass is 9.90. The molecule has 1 aromatic heterocycles. The average molecular weight is 425 g/mol. The summed E-state index contributed by atoms with van der Waals surface area (Å²) in [6.45, 7) is 9.61. The van der Waals surface area contributed by atoms with Gasteiger partial charge in [-0.15, -0.1) is 0 Å². The van der Waals surface area contributed by atoms with Gasteiger partial charge >= 0.3 is 0 Å². The highest BCUT2D eigenvalue weighted by molar-refractivity contribution is 6.77. The zero-order valence-electron chi connectivity index (χ0n) is 19.6. The zero-order valence-corrected chi connectivity index (χ0v) is 20.6. The Balaban J connectivity index is 1.65. The third-order valence-electron chi connectivity index (χ3n) is 7.72. The number of aryl methyl sites for hydroxylation is 2. The van der Waals surface area contributed by atoms with Crippen molar-refractivity contribution in [1.29, 1.82) is 0 Å². The van der Waals surface area contributed by atoms with Gasteiger partial charge in [0.05, 0.1) is 10.9 Å². The summed E-state index contributed by atoms with van der Waals surface area (Å²) in [5.74, 6) is 0.741. The summed E-state index contributed by atoms with van der Waals surface area (Å²) in [5, 5.41) is 5.37. The van der Waals surface area contributed by atoms with Gasteiger partial charge in [-0.05, 0) is 65.1 Å². The highest BCUT2D eigenvalue weighted by Gasteiger charge is 2.29. The zero-order chi connectivity index (χ0) is 21.8. The van der Waals surface area contributed by atoms with Crippen molar-refractivity contribution < 1.29 is 4.57 Å². The molecule has 0 N–H and O–H groups in total. The fraction of sp³-hybridized carbons (Fsp3) is 0.345. The standard InChI is InChI=1S/C29H34NSi/c1-20-16-23-8-6-7-9-24(23)19-28(20)29-27-11-10-25(18-26(27)17-21(2)30(29)3)22-12-14-31(4,5)15-13-22/h6-11,16-19,22H,12-15H2,1-5H3/q+1. The first-order chi connectivity index (χ1) is 14.8. The van der Waals surface area contributed by atoms with E-state index in [1.807, 2.05) is 0 Å². The molecule has 4 aromatic rings. The third-order valence-corrected chi connectivity index (χ3v) is 11.0. The van der Waals surface area contributed by atoms with E-state index in [2.05, 4.69) is 99.2 Å². The topological polar surface area (TPSA) is 3.88 Å². The maximum absolute atomic E-state index is 2.56. The van der Waals surface area contributed by atoms with Crippen molar-refractivity contribution in [3.05, 3.63) is 77.5 Å². The van der Waals surface area contributed by atoms with Gasteiger partial charge in [0.1, 0.15) is 7.05 Å². The molecule has 0 amide bonds. The van der Waals surface area contributed by atoms with Gasteiger partial charge in [0, 0.05) is 21.1 Å². The van der Waals surface area contributed by atoms with Crippen molar-refractivity contribution in [2.24, 2.45) is 7.05 Å². The van der Waals surface area contributed by atoms with Gasteiger partial charge < -0.3 is 0 Å².